The number of nitrogens with zero attached hydrogens (tertiary/aromatic N) is 3. The van der Waals surface area contributed by atoms with Crippen LogP contribution in [0.2, 0.25) is 5.02 Å². The zero-order valence-corrected chi connectivity index (χ0v) is 13.4. The molecular formula is C13H14ClN3O3S. The Bertz CT molecular complexity index is 688. The van der Waals surface area contributed by atoms with Crippen LogP contribution in [0.15, 0.2) is 23.2 Å². The van der Waals surface area contributed by atoms with Crippen molar-refractivity contribution in [2.45, 2.75) is 17.7 Å². The van der Waals surface area contributed by atoms with Crippen LogP contribution in [-0.4, -0.2) is 21.8 Å². The van der Waals surface area contributed by atoms with Crippen molar-refractivity contribution in [1.29, 1.82) is 0 Å². The maximum atomic E-state index is 11.1. The highest BCUT2D eigenvalue weighted by atomic mass is 35.5. The minimum atomic E-state index is -0.397. The number of hydrogen-bond acceptors (Lipinski definition) is 5. The van der Waals surface area contributed by atoms with Crippen molar-refractivity contribution in [3.63, 3.8) is 0 Å². The van der Waals surface area contributed by atoms with Gasteiger partial charge in [-0.1, -0.05) is 29.4 Å². The van der Waals surface area contributed by atoms with Crippen molar-refractivity contribution in [2.75, 3.05) is 7.11 Å². The van der Waals surface area contributed by atoms with E-state index in [-0.39, 0.29) is 5.69 Å². The van der Waals surface area contributed by atoms with Crippen LogP contribution in [0, 0.1) is 17.0 Å². The minimum absolute atomic E-state index is 0.0575. The molecule has 0 saturated carbocycles. The van der Waals surface area contributed by atoms with Crippen LogP contribution in [-0.2, 0) is 12.8 Å². The molecule has 0 atom stereocenters. The van der Waals surface area contributed by atoms with Crippen molar-refractivity contribution < 1.29 is 9.66 Å². The molecule has 0 fully saturated rings. The maximum absolute atomic E-state index is 11.1. The third-order valence-corrected chi connectivity index (χ3v) is 4.42. The molecule has 0 bridgehead atoms. The molecule has 0 saturated heterocycles. The van der Waals surface area contributed by atoms with Gasteiger partial charge in [0.25, 0.3) is 0 Å². The molecule has 0 aliphatic rings. The first kappa shape index (κ1) is 15.7. The largest absolute Gasteiger partial charge is 0.495 e. The minimum Gasteiger partial charge on any atom is -0.495 e. The van der Waals surface area contributed by atoms with Crippen LogP contribution < -0.4 is 4.74 Å². The van der Waals surface area contributed by atoms with E-state index in [2.05, 4.69) is 5.10 Å². The monoisotopic (exact) mass is 327 g/mol. The lowest BCUT2D eigenvalue weighted by molar-refractivity contribution is -0.388. The summed E-state index contributed by atoms with van der Waals surface area (Å²) in [5.74, 6) is 1.16. The summed E-state index contributed by atoms with van der Waals surface area (Å²) in [7, 11) is 3.25. The summed E-state index contributed by atoms with van der Waals surface area (Å²) >= 11 is 7.43. The van der Waals surface area contributed by atoms with Gasteiger partial charge >= 0.3 is 5.69 Å². The molecule has 1 aromatic carbocycles. The predicted octanol–water partition coefficient (Wildman–Crippen LogP) is 3.59. The Morgan fingerprint density at radius 2 is 2.24 bits per heavy atom. The number of methoxy groups -OCH3 is 1. The first-order valence-corrected chi connectivity index (χ1v) is 7.43. The molecule has 0 amide bonds. The van der Waals surface area contributed by atoms with E-state index in [1.165, 1.54) is 16.4 Å². The Labute approximate surface area is 131 Å². The van der Waals surface area contributed by atoms with Crippen LogP contribution in [0.5, 0.6) is 5.75 Å². The number of halogens is 1. The van der Waals surface area contributed by atoms with Gasteiger partial charge in [-0.05, 0) is 24.6 Å². The zero-order valence-electron chi connectivity index (χ0n) is 11.8. The van der Waals surface area contributed by atoms with Gasteiger partial charge in [0, 0.05) is 12.8 Å². The van der Waals surface area contributed by atoms with Gasteiger partial charge in [-0.15, -0.1) is 0 Å². The van der Waals surface area contributed by atoms with E-state index in [1.807, 2.05) is 6.07 Å². The summed E-state index contributed by atoms with van der Waals surface area (Å²) in [4.78, 5) is 10.7. The Morgan fingerprint density at radius 3 is 2.81 bits per heavy atom. The average molecular weight is 328 g/mol. The van der Waals surface area contributed by atoms with Crippen LogP contribution in [0.3, 0.4) is 0 Å². The highest BCUT2D eigenvalue weighted by Gasteiger charge is 2.24. The van der Waals surface area contributed by atoms with Gasteiger partial charge in [0.15, 0.2) is 5.03 Å². The third-order valence-electron chi connectivity index (χ3n) is 2.91. The molecule has 0 radical (unpaired) electrons. The molecule has 1 aromatic heterocycles. The molecule has 112 valence electrons. The smallest absolute Gasteiger partial charge is 0.323 e. The predicted molar refractivity (Wildman–Crippen MR) is 82.2 cm³/mol. The number of hydrogen-bond donors (Lipinski definition) is 0. The highest BCUT2D eigenvalue weighted by Crippen LogP contribution is 2.34. The van der Waals surface area contributed by atoms with Crippen molar-refractivity contribution >= 4 is 29.1 Å². The molecule has 0 spiro atoms. The van der Waals surface area contributed by atoms with Crippen LogP contribution in [0.4, 0.5) is 5.69 Å². The lowest BCUT2D eigenvalue weighted by atomic mass is 10.2. The Hall–Kier alpha value is -1.73. The van der Waals surface area contributed by atoms with Crippen molar-refractivity contribution in [2.24, 2.45) is 7.05 Å². The number of thioether (sulfide) groups is 1. The highest BCUT2D eigenvalue weighted by molar-refractivity contribution is 7.98. The molecule has 2 aromatic rings. The molecule has 6 nitrogen and oxygen atoms in total. The van der Waals surface area contributed by atoms with E-state index in [0.29, 0.717) is 27.2 Å². The number of rotatable bonds is 5. The van der Waals surface area contributed by atoms with Crippen LogP contribution >= 0.6 is 23.4 Å². The standard InChI is InChI=1S/C13H14ClN3O3S/c1-8-12(17(18)19)13(16(2)15-8)21-7-9-4-5-11(20-3)10(14)6-9/h4-6H,7H2,1-3H3. The summed E-state index contributed by atoms with van der Waals surface area (Å²) in [6.07, 6.45) is 0. The number of ether oxygens (including phenoxy) is 1. The van der Waals surface area contributed by atoms with Crippen molar-refractivity contribution in [3.05, 3.63) is 44.6 Å². The van der Waals surface area contributed by atoms with Crippen LogP contribution in [0.1, 0.15) is 11.3 Å². The van der Waals surface area contributed by atoms with E-state index in [4.69, 9.17) is 16.3 Å². The fourth-order valence-electron chi connectivity index (χ4n) is 1.95. The summed E-state index contributed by atoms with van der Waals surface area (Å²) < 4.78 is 6.62. The van der Waals surface area contributed by atoms with E-state index in [1.54, 1.807) is 33.2 Å². The summed E-state index contributed by atoms with van der Waals surface area (Å²) in [6.45, 7) is 1.63. The maximum Gasteiger partial charge on any atom is 0.323 e. The van der Waals surface area contributed by atoms with Crippen LogP contribution in [0.25, 0.3) is 0 Å². The van der Waals surface area contributed by atoms with Crippen molar-refractivity contribution in [3.8, 4) is 5.75 Å². The summed E-state index contributed by atoms with van der Waals surface area (Å²) in [5, 5.41) is 16.3. The van der Waals surface area contributed by atoms with Gasteiger partial charge in [0.1, 0.15) is 11.4 Å². The van der Waals surface area contributed by atoms with Gasteiger partial charge in [-0.3, -0.25) is 14.8 Å². The molecule has 0 unspecified atom stereocenters. The molecule has 21 heavy (non-hydrogen) atoms. The molecule has 2 rings (SSSR count). The lowest BCUT2D eigenvalue weighted by Gasteiger charge is -2.06. The molecule has 0 aliphatic heterocycles. The molecule has 0 aliphatic carbocycles. The lowest BCUT2D eigenvalue weighted by Crippen LogP contribution is -1.95. The third kappa shape index (κ3) is 3.30. The Morgan fingerprint density at radius 1 is 1.52 bits per heavy atom. The first-order valence-electron chi connectivity index (χ1n) is 6.07. The first-order chi connectivity index (χ1) is 9.93. The SMILES string of the molecule is COc1ccc(CSc2c([N+](=O)[O-])c(C)nn2C)cc1Cl. The molecule has 1 heterocycles. The normalized spacial score (nSPS) is 10.7. The fraction of sp³-hybridized carbons (Fsp3) is 0.308. The van der Waals surface area contributed by atoms with E-state index < -0.39 is 4.92 Å². The van der Waals surface area contributed by atoms with Gasteiger partial charge in [-0.25, -0.2) is 0 Å². The average Bonchev–Trinajstić information content (AvgIpc) is 2.70. The fourth-order valence-corrected chi connectivity index (χ4v) is 3.30. The number of benzene rings is 1. The Balaban J connectivity index is 2.20. The number of aromatic nitrogens is 2. The number of nitro groups is 1. The van der Waals surface area contributed by atoms with E-state index in [9.17, 15) is 10.1 Å². The second-order valence-electron chi connectivity index (χ2n) is 4.38. The topological polar surface area (TPSA) is 70.2 Å². The van der Waals surface area contributed by atoms with E-state index >= 15 is 0 Å². The summed E-state index contributed by atoms with van der Waals surface area (Å²) in [5.41, 5.74) is 1.43. The van der Waals surface area contributed by atoms with Gasteiger partial charge in [0.2, 0.25) is 0 Å². The van der Waals surface area contributed by atoms with Gasteiger partial charge in [-0.2, -0.15) is 5.10 Å². The Kier molecular flexibility index (Phi) is 4.74. The number of aryl methyl sites for hydroxylation is 2. The summed E-state index contributed by atoms with van der Waals surface area (Å²) in [6, 6.07) is 5.45. The second-order valence-corrected chi connectivity index (χ2v) is 5.75. The van der Waals surface area contributed by atoms with Crippen molar-refractivity contribution in [1.82, 2.24) is 9.78 Å². The van der Waals surface area contributed by atoms with Gasteiger partial charge in [0.05, 0.1) is 17.1 Å². The second kappa shape index (κ2) is 6.36. The molecule has 0 N–H and O–H groups in total. The van der Waals surface area contributed by atoms with Gasteiger partial charge < -0.3 is 4.74 Å². The van der Waals surface area contributed by atoms with E-state index in [0.717, 1.165) is 5.56 Å². The zero-order chi connectivity index (χ0) is 15.6. The molecular weight excluding hydrogens is 314 g/mol. The quantitative estimate of drug-likeness (QED) is 0.477. The molecule has 8 heteroatoms.